The largest absolute Gasteiger partial charge is 0.491 e. The molecule has 2 N–H and O–H groups in total. The van der Waals surface area contributed by atoms with Gasteiger partial charge in [0.25, 0.3) is 11.8 Å². The molecule has 168 valence electrons. The number of carbonyl (C=O) groups is 1. The summed E-state index contributed by atoms with van der Waals surface area (Å²) in [5.74, 6) is 0.493. The monoisotopic (exact) mass is 444 g/mol. The summed E-state index contributed by atoms with van der Waals surface area (Å²) in [5.41, 5.74) is 5.90. The van der Waals surface area contributed by atoms with Gasteiger partial charge in [0.15, 0.2) is 5.75 Å². The van der Waals surface area contributed by atoms with Crippen LogP contribution in [-0.4, -0.2) is 46.3 Å². The van der Waals surface area contributed by atoms with Crippen molar-refractivity contribution in [2.75, 3.05) is 19.5 Å². The molecule has 0 radical (unpaired) electrons. The Morgan fingerprint density at radius 1 is 0.970 bits per heavy atom. The van der Waals surface area contributed by atoms with Crippen LogP contribution >= 0.6 is 0 Å². The van der Waals surface area contributed by atoms with Crippen molar-refractivity contribution >= 4 is 22.5 Å². The molecule has 4 rings (SSSR count). The number of pyridine rings is 1. The van der Waals surface area contributed by atoms with E-state index in [-0.39, 0.29) is 0 Å². The zero-order valence-electron chi connectivity index (χ0n) is 18.8. The highest BCUT2D eigenvalue weighted by Crippen LogP contribution is 2.36. The smallest absolute Gasteiger partial charge is 0.256 e. The number of amides is 1. The molecule has 0 saturated heterocycles. The molecular weight excluding hydrogens is 420 g/mol. The maximum absolute atomic E-state index is 11.8. The number of nitrogens with zero attached hydrogens (tertiary/aromatic N) is 3. The third-order valence-electron chi connectivity index (χ3n) is 5.35. The van der Waals surface area contributed by atoms with Gasteiger partial charge in [0.1, 0.15) is 12.4 Å². The minimum absolute atomic E-state index is 0.414. The number of aryl methyl sites for hydroxylation is 1. The number of fused-ring (bicyclic) bond motifs is 1. The van der Waals surface area contributed by atoms with Crippen LogP contribution in [0.2, 0.25) is 0 Å². The van der Waals surface area contributed by atoms with Crippen molar-refractivity contribution in [1.29, 1.82) is 0 Å². The number of hydrogen-bond donors (Lipinski definition) is 2. The molecule has 1 amide bonds. The molecule has 4 aromatic rings. The number of nitrogens with one attached hydrogen (secondary N) is 1. The van der Waals surface area contributed by atoms with Gasteiger partial charge in [-0.1, -0.05) is 12.1 Å². The average Bonchev–Trinajstić information content (AvgIpc) is 2.83. The van der Waals surface area contributed by atoms with E-state index in [0.29, 0.717) is 17.3 Å². The van der Waals surface area contributed by atoms with Crippen LogP contribution in [-0.2, 0) is 4.79 Å². The van der Waals surface area contributed by atoms with Crippen LogP contribution in [0.25, 0.3) is 33.2 Å². The number of ether oxygens (including phenoxy) is 2. The van der Waals surface area contributed by atoms with Gasteiger partial charge in [-0.25, -0.2) is 15.0 Å². The molecule has 0 unspecified atom stereocenters. The highest BCUT2D eigenvalue weighted by atomic mass is 16.5. The number of aliphatic hydroxyl groups excluding tert-OH is 1. The predicted octanol–water partition coefficient (Wildman–Crippen LogP) is 4.00. The van der Waals surface area contributed by atoms with E-state index in [2.05, 4.69) is 20.3 Å². The van der Waals surface area contributed by atoms with Crippen LogP contribution in [0.3, 0.4) is 0 Å². The Hall–Kier alpha value is -4.04. The van der Waals surface area contributed by atoms with E-state index in [0.717, 1.165) is 38.9 Å². The summed E-state index contributed by atoms with van der Waals surface area (Å²) in [6, 6.07) is 13.3. The molecule has 0 bridgehead atoms. The highest BCUT2D eigenvalue weighted by molar-refractivity contribution is 5.99. The molecule has 0 aliphatic heterocycles. The molecule has 1 atom stereocenters. The molecule has 0 fully saturated rings. The van der Waals surface area contributed by atoms with Crippen molar-refractivity contribution < 1.29 is 19.4 Å². The highest BCUT2D eigenvalue weighted by Gasteiger charge is 2.14. The fraction of sp³-hybridized carbons (Fsp3) is 0.200. The molecule has 0 aliphatic rings. The van der Waals surface area contributed by atoms with Gasteiger partial charge < -0.3 is 19.9 Å². The summed E-state index contributed by atoms with van der Waals surface area (Å²) in [6.45, 7) is 3.37. The Morgan fingerprint density at radius 3 is 2.39 bits per heavy atom. The molecule has 2 aromatic carbocycles. The number of anilines is 1. The second-order valence-electron chi connectivity index (χ2n) is 7.56. The number of rotatable bonds is 6. The normalized spacial score (nSPS) is 11.8. The van der Waals surface area contributed by atoms with E-state index in [9.17, 15) is 9.90 Å². The topological polar surface area (TPSA) is 106 Å². The van der Waals surface area contributed by atoms with Gasteiger partial charge in [-0.2, -0.15) is 0 Å². The Labute approximate surface area is 191 Å². The van der Waals surface area contributed by atoms with Gasteiger partial charge in [0.05, 0.1) is 19.7 Å². The molecule has 33 heavy (non-hydrogen) atoms. The second kappa shape index (κ2) is 9.22. The Morgan fingerprint density at radius 2 is 1.73 bits per heavy atom. The molecule has 0 aliphatic carbocycles. The number of carbonyl (C=O) groups excluding carboxylic acids is 1. The van der Waals surface area contributed by atoms with Gasteiger partial charge in [-0.05, 0) is 55.3 Å². The number of aromatic nitrogens is 3. The lowest BCUT2D eigenvalue weighted by molar-refractivity contribution is -0.123. The van der Waals surface area contributed by atoms with Crippen molar-refractivity contribution in [2.24, 2.45) is 0 Å². The van der Waals surface area contributed by atoms with Crippen molar-refractivity contribution in [2.45, 2.75) is 20.0 Å². The van der Waals surface area contributed by atoms with Crippen molar-refractivity contribution in [3.63, 3.8) is 0 Å². The van der Waals surface area contributed by atoms with E-state index < -0.39 is 12.0 Å². The van der Waals surface area contributed by atoms with E-state index in [1.54, 1.807) is 38.9 Å². The molecular formula is C25H24N4O4. The van der Waals surface area contributed by atoms with Crippen LogP contribution in [0.1, 0.15) is 12.6 Å². The van der Waals surface area contributed by atoms with E-state index in [1.165, 1.54) is 6.92 Å². The van der Waals surface area contributed by atoms with Gasteiger partial charge in [-0.3, -0.25) is 4.79 Å². The first-order valence-electron chi connectivity index (χ1n) is 10.3. The Balaban J connectivity index is 1.83. The first-order valence-corrected chi connectivity index (χ1v) is 10.3. The number of hydrogen-bond acceptors (Lipinski definition) is 7. The van der Waals surface area contributed by atoms with Crippen molar-refractivity contribution in [1.82, 2.24) is 15.0 Å². The minimum Gasteiger partial charge on any atom is -0.491 e. The molecule has 8 nitrogen and oxygen atoms in total. The average molecular weight is 444 g/mol. The minimum atomic E-state index is -1.08. The summed E-state index contributed by atoms with van der Waals surface area (Å²) < 4.78 is 10.7. The molecule has 0 spiro atoms. The lowest BCUT2D eigenvalue weighted by Gasteiger charge is -2.13. The first-order chi connectivity index (χ1) is 15.9. The van der Waals surface area contributed by atoms with Crippen LogP contribution in [0, 0.1) is 6.92 Å². The van der Waals surface area contributed by atoms with Crippen LogP contribution in [0.5, 0.6) is 11.6 Å². The van der Waals surface area contributed by atoms with E-state index in [4.69, 9.17) is 9.47 Å². The third kappa shape index (κ3) is 4.47. The second-order valence-corrected chi connectivity index (χ2v) is 7.56. The van der Waals surface area contributed by atoms with Crippen molar-refractivity contribution in [3.8, 4) is 33.9 Å². The van der Waals surface area contributed by atoms with Crippen LogP contribution in [0.4, 0.5) is 5.69 Å². The lowest BCUT2D eigenvalue weighted by atomic mass is 9.95. The fourth-order valence-corrected chi connectivity index (χ4v) is 3.55. The summed E-state index contributed by atoms with van der Waals surface area (Å²) in [7, 11) is 3.12. The van der Waals surface area contributed by atoms with Gasteiger partial charge >= 0.3 is 0 Å². The van der Waals surface area contributed by atoms with Gasteiger partial charge in [0.2, 0.25) is 0 Å². The van der Waals surface area contributed by atoms with Gasteiger partial charge in [0, 0.05) is 34.1 Å². The summed E-state index contributed by atoms with van der Waals surface area (Å²) in [6.07, 6.45) is 2.20. The third-order valence-corrected chi connectivity index (χ3v) is 5.35. The summed E-state index contributed by atoms with van der Waals surface area (Å²) in [5, 5.41) is 13.0. The molecule has 2 heterocycles. The first kappa shape index (κ1) is 22.2. The Kier molecular flexibility index (Phi) is 6.19. The number of methoxy groups -OCH3 is 2. The van der Waals surface area contributed by atoms with Gasteiger partial charge in [-0.15, -0.1) is 0 Å². The van der Waals surface area contributed by atoms with Crippen molar-refractivity contribution in [3.05, 3.63) is 60.7 Å². The van der Waals surface area contributed by atoms with E-state index in [1.807, 2.05) is 37.3 Å². The SMILES string of the molecule is COc1cc(-c2cc(-c3ccc(NC(=O)[C@@H](C)O)cc3)c3ncnc(C)c3c2)cnc1OC. The predicted molar refractivity (Wildman–Crippen MR) is 126 cm³/mol. The summed E-state index contributed by atoms with van der Waals surface area (Å²) >= 11 is 0. The Bertz CT molecular complexity index is 1320. The summed E-state index contributed by atoms with van der Waals surface area (Å²) in [4.78, 5) is 25.0. The maximum atomic E-state index is 11.8. The van der Waals surface area contributed by atoms with Crippen LogP contribution < -0.4 is 14.8 Å². The maximum Gasteiger partial charge on any atom is 0.256 e. The number of aliphatic hydroxyl groups is 1. The van der Waals surface area contributed by atoms with E-state index >= 15 is 0 Å². The zero-order chi connectivity index (χ0) is 23.5. The fourth-order valence-electron chi connectivity index (χ4n) is 3.55. The molecule has 0 saturated carbocycles. The number of benzene rings is 2. The molecule has 2 aromatic heterocycles. The zero-order valence-corrected chi connectivity index (χ0v) is 18.8. The standard InChI is InChI=1S/C25H24N4O4/c1-14-20-9-17(18-11-22(32-3)25(33-4)26-12-18)10-21(23(20)28-13-27-14)16-5-7-19(8-6-16)29-24(31)15(2)30/h5-13,15,30H,1-4H3,(H,29,31)/t15-/m1/s1. The molecule has 8 heteroatoms. The lowest BCUT2D eigenvalue weighted by Crippen LogP contribution is -2.24. The quantitative estimate of drug-likeness (QED) is 0.463. The van der Waals surface area contributed by atoms with Crippen LogP contribution in [0.15, 0.2) is 55.0 Å².